The Morgan fingerprint density at radius 3 is 1.52 bits per heavy atom. The van der Waals surface area contributed by atoms with Crippen molar-refractivity contribution in [2.45, 2.75) is 26.2 Å². The minimum absolute atomic E-state index is 0.0699. The van der Waals surface area contributed by atoms with Gasteiger partial charge >= 0.3 is 0 Å². The average molecular weight is 594 g/mol. The fraction of sp³-hybridized carbons (Fsp3) is 0.0930. The summed E-state index contributed by atoms with van der Waals surface area (Å²) in [5.41, 5.74) is 9.02. The Bertz CT molecular complexity index is 2270. The van der Waals surface area contributed by atoms with Crippen molar-refractivity contribution in [3.63, 3.8) is 0 Å². The molecular formula is C43H35N3. The van der Waals surface area contributed by atoms with Gasteiger partial charge in [-0.25, -0.2) is 4.98 Å². The highest BCUT2D eigenvalue weighted by atomic mass is 15.1. The molecule has 0 N–H and O–H groups in total. The summed E-state index contributed by atoms with van der Waals surface area (Å²) in [7, 11) is 0. The number of anilines is 3. The van der Waals surface area contributed by atoms with Gasteiger partial charge in [0.05, 0.1) is 11.0 Å². The van der Waals surface area contributed by atoms with Crippen molar-refractivity contribution in [2.24, 2.45) is 0 Å². The molecule has 0 saturated carbocycles. The molecule has 0 saturated heterocycles. The van der Waals surface area contributed by atoms with E-state index < -0.39 is 0 Å². The van der Waals surface area contributed by atoms with Crippen molar-refractivity contribution in [1.82, 2.24) is 9.55 Å². The van der Waals surface area contributed by atoms with Crippen LogP contribution in [0.4, 0.5) is 17.1 Å². The van der Waals surface area contributed by atoms with Crippen LogP contribution < -0.4 is 4.90 Å². The molecule has 0 amide bonds. The van der Waals surface area contributed by atoms with E-state index in [2.05, 4.69) is 188 Å². The zero-order chi connectivity index (χ0) is 31.3. The normalized spacial score (nSPS) is 11.8. The molecule has 0 radical (unpaired) electrons. The van der Waals surface area contributed by atoms with E-state index in [1.807, 2.05) is 0 Å². The standard InChI is InChI=1S/C43H35N3/c1-43(2,3)31-24-28-35(29-25-31)46-41-39-21-13-11-19-37(39)36-18-10-12-20-38(36)40(41)44-42(46)30-22-26-34(27-23-30)45(32-14-6-4-7-15-32)33-16-8-5-9-17-33/h4-29H,1-3H3. The van der Waals surface area contributed by atoms with Crippen molar-refractivity contribution in [3.8, 4) is 17.1 Å². The van der Waals surface area contributed by atoms with Crippen molar-refractivity contribution in [3.05, 3.63) is 163 Å². The number of fused-ring (bicyclic) bond motifs is 6. The van der Waals surface area contributed by atoms with Gasteiger partial charge in [-0.2, -0.15) is 0 Å². The molecule has 7 aromatic carbocycles. The molecule has 1 aromatic heterocycles. The first-order chi connectivity index (χ1) is 22.5. The van der Waals surface area contributed by atoms with E-state index in [-0.39, 0.29) is 5.41 Å². The second-order valence-electron chi connectivity index (χ2n) is 12.9. The molecule has 0 aliphatic rings. The number of hydrogen-bond acceptors (Lipinski definition) is 2. The molecule has 1 heterocycles. The lowest BCUT2D eigenvalue weighted by Crippen LogP contribution is -2.11. The molecule has 8 aromatic rings. The third kappa shape index (κ3) is 4.72. The van der Waals surface area contributed by atoms with Crippen molar-refractivity contribution >= 4 is 49.6 Å². The number of para-hydroxylation sites is 2. The molecule has 0 fully saturated rings. The largest absolute Gasteiger partial charge is 0.311 e. The summed E-state index contributed by atoms with van der Waals surface area (Å²) in [5.74, 6) is 0.928. The van der Waals surface area contributed by atoms with Crippen LogP contribution in [0.15, 0.2) is 158 Å². The zero-order valence-corrected chi connectivity index (χ0v) is 26.4. The van der Waals surface area contributed by atoms with E-state index in [4.69, 9.17) is 4.98 Å². The van der Waals surface area contributed by atoms with Gasteiger partial charge in [0.15, 0.2) is 0 Å². The fourth-order valence-corrected chi connectivity index (χ4v) is 6.62. The predicted octanol–water partition coefficient (Wildman–Crippen LogP) is 11.8. The van der Waals surface area contributed by atoms with Gasteiger partial charge in [-0.3, -0.25) is 4.57 Å². The SMILES string of the molecule is CC(C)(C)c1ccc(-n2c(-c3ccc(N(c4ccccc4)c4ccccc4)cc3)nc3c4ccccc4c4ccccc4c32)cc1. The summed E-state index contributed by atoms with van der Waals surface area (Å²) >= 11 is 0. The van der Waals surface area contributed by atoms with E-state index >= 15 is 0 Å². The number of imidazole rings is 1. The molecule has 0 atom stereocenters. The van der Waals surface area contributed by atoms with E-state index in [9.17, 15) is 0 Å². The zero-order valence-electron chi connectivity index (χ0n) is 26.4. The van der Waals surface area contributed by atoms with E-state index in [0.29, 0.717) is 0 Å². The Hall–Kier alpha value is -5.67. The maximum absolute atomic E-state index is 5.45. The van der Waals surface area contributed by atoms with Crippen LogP contribution in [0, 0.1) is 0 Å². The highest BCUT2D eigenvalue weighted by Crippen LogP contribution is 2.40. The van der Waals surface area contributed by atoms with Gasteiger partial charge in [0.25, 0.3) is 0 Å². The van der Waals surface area contributed by atoms with Crippen molar-refractivity contribution in [1.29, 1.82) is 0 Å². The number of benzene rings is 7. The molecule has 0 spiro atoms. The van der Waals surface area contributed by atoms with E-state index in [1.165, 1.54) is 27.1 Å². The van der Waals surface area contributed by atoms with Gasteiger partial charge in [0.1, 0.15) is 5.82 Å². The van der Waals surface area contributed by atoms with Crippen LogP contribution in [0.2, 0.25) is 0 Å². The van der Waals surface area contributed by atoms with Crippen LogP contribution in [0.5, 0.6) is 0 Å². The molecule has 46 heavy (non-hydrogen) atoms. The lowest BCUT2D eigenvalue weighted by atomic mass is 9.87. The molecule has 8 rings (SSSR count). The summed E-state index contributed by atoms with van der Waals surface area (Å²) in [6.07, 6.45) is 0. The summed E-state index contributed by atoms with van der Waals surface area (Å²) < 4.78 is 2.36. The third-order valence-electron chi connectivity index (χ3n) is 8.94. The fourth-order valence-electron chi connectivity index (χ4n) is 6.62. The van der Waals surface area contributed by atoms with Crippen molar-refractivity contribution < 1.29 is 0 Å². The van der Waals surface area contributed by atoms with Crippen LogP contribution in [0.3, 0.4) is 0 Å². The monoisotopic (exact) mass is 593 g/mol. The van der Waals surface area contributed by atoms with Crippen LogP contribution in [0.25, 0.3) is 49.7 Å². The first-order valence-corrected chi connectivity index (χ1v) is 15.9. The summed E-state index contributed by atoms with van der Waals surface area (Å²) in [6.45, 7) is 6.78. The molecule has 0 bridgehead atoms. The predicted molar refractivity (Wildman–Crippen MR) is 195 cm³/mol. The Morgan fingerprint density at radius 1 is 0.478 bits per heavy atom. The van der Waals surface area contributed by atoms with Gasteiger partial charge in [0.2, 0.25) is 0 Å². The highest BCUT2D eigenvalue weighted by molar-refractivity contribution is 6.24. The Balaban J connectivity index is 1.37. The second-order valence-corrected chi connectivity index (χ2v) is 12.9. The molecular weight excluding hydrogens is 558 g/mol. The first kappa shape index (κ1) is 27.8. The molecule has 222 valence electrons. The van der Waals surface area contributed by atoms with Gasteiger partial charge in [-0.15, -0.1) is 0 Å². The summed E-state index contributed by atoms with van der Waals surface area (Å²) in [4.78, 5) is 7.74. The van der Waals surface area contributed by atoms with Crippen LogP contribution in [0.1, 0.15) is 26.3 Å². The number of aromatic nitrogens is 2. The van der Waals surface area contributed by atoms with Crippen LogP contribution in [-0.2, 0) is 5.41 Å². The Labute approximate surface area is 270 Å². The van der Waals surface area contributed by atoms with E-state index in [1.54, 1.807) is 0 Å². The lowest BCUT2D eigenvalue weighted by molar-refractivity contribution is 0.590. The average Bonchev–Trinajstić information content (AvgIpc) is 3.51. The second kappa shape index (κ2) is 11.0. The minimum Gasteiger partial charge on any atom is -0.311 e. The van der Waals surface area contributed by atoms with E-state index in [0.717, 1.165) is 45.2 Å². The highest BCUT2D eigenvalue weighted by Gasteiger charge is 2.21. The van der Waals surface area contributed by atoms with Gasteiger partial charge < -0.3 is 4.90 Å². The maximum atomic E-state index is 5.45. The number of nitrogens with zero attached hydrogens (tertiary/aromatic N) is 3. The first-order valence-electron chi connectivity index (χ1n) is 15.9. The molecule has 0 unspecified atom stereocenters. The van der Waals surface area contributed by atoms with Gasteiger partial charge in [-0.05, 0) is 82.4 Å². The van der Waals surface area contributed by atoms with Gasteiger partial charge in [0, 0.05) is 39.1 Å². The summed E-state index contributed by atoms with van der Waals surface area (Å²) in [6, 6.07) is 56.3. The van der Waals surface area contributed by atoms with Crippen LogP contribution in [-0.4, -0.2) is 9.55 Å². The smallest absolute Gasteiger partial charge is 0.145 e. The molecule has 3 nitrogen and oxygen atoms in total. The summed E-state index contributed by atoms with van der Waals surface area (Å²) in [5, 5.41) is 4.83. The maximum Gasteiger partial charge on any atom is 0.145 e. The number of hydrogen-bond donors (Lipinski definition) is 0. The lowest BCUT2D eigenvalue weighted by Gasteiger charge is -2.25. The molecule has 0 aliphatic carbocycles. The Kier molecular flexibility index (Phi) is 6.69. The van der Waals surface area contributed by atoms with Crippen LogP contribution >= 0.6 is 0 Å². The van der Waals surface area contributed by atoms with Gasteiger partial charge in [-0.1, -0.05) is 118 Å². The third-order valence-corrected chi connectivity index (χ3v) is 8.94. The minimum atomic E-state index is 0.0699. The molecule has 3 heteroatoms. The molecule has 0 aliphatic heterocycles. The van der Waals surface area contributed by atoms with Crippen molar-refractivity contribution in [2.75, 3.05) is 4.90 Å². The topological polar surface area (TPSA) is 21.1 Å². The Morgan fingerprint density at radius 2 is 0.957 bits per heavy atom. The quantitative estimate of drug-likeness (QED) is 0.185. The number of rotatable bonds is 5.